The molecule has 10 heteroatoms. The lowest BCUT2D eigenvalue weighted by Gasteiger charge is -2.24. The second-order valence-corrected chi connectivity index (χ2v) is 9.52. The van der Waals surface area contributed by atoms with Crippen LogP contribution in [0.15, 0.2) is 42.6 Å². The number of rotatable bonds is 6. The highest BCUT2D eigenvalue weighted by atomic mass is 19.1. The molecule has 1 aromatic heterocycles. The number of likely N-dealkylation sites (tertiary alicyclic amines) is 1. The van der Waals surface area contributed by atoms with Gasteiger partial charge in [0.2, 0.25) is 5.91 Å². The van der Waals surface area contributed by atoms with Gasteiger partial charge in [-0.3, -0.25) is 4.79 Å². The van der Waals surface area contributed by atoms with Crippen LogP contribution in [0.5, 0.6) is 0 Å². The Kier molecular flexibility index (Phi) is 7.28. The quantitative estimate of drug-likeness (QED) is 0.430. The summed E-state index contributed by atoms with van der Waals surface area (Å²) in [6.07, 6.45) is 2.66. The lowest BCUT2D eigenvalue weighted by atomic mass is 9.98. The van der Waals surface area contributed by atoms with Crippen LogP contribution in [0.2, 0.25) is 0 Å². The minimum atomic E-state index is -1.22. The van der Waals surface area contributed by atoms with Crippen molar-refractivity contribution in [1.29, 1.82) is 0 Å². The molecule has 0 bridgehead atoms. The highest BCUT2D eigenvalue weighted by molar-refractivity contribution is 5.99. The molecule has 4 rings (SSSR count). The molecule has 0 aliphatic carbocycles. The van der Waals surface area contributed by atoms with E-state index in [4.69, 9.17) is 0 Å². The summed E-state index contributed by atoms with van der Waals surface area (Å²) in [5, 5.41) is 19.0. The van der Waals surface area contributed by atoms with Crippen LogP contribution in [0.4, 0.5) is 20.7 Å². The van der Waals surface area contributed by atoms with Crippen molar-refractivity contribution in [2.45, 2.75) is 52.5 Å². The summed E-state index contributed by atoms with van der Waals surface area (Å²) in [6.45, 7) is 8.06. The number of amides is 3. The van der Waals surface area contributed by atoms with E-state index in [-0.39, 0.29) is 34.6 Å². The molecule has 0 spiro atoms. The number of nitrogens with one attached hydrogen (secondary N) is 2. The Morgan fingerprint density at radius 1 is 1.11 bits per heavy atom. The molecule has 1 atom stereocenters. The van der Waals surface area contributed by atoms with Gasteiger partial charge in [-0.05, 0) is 68.0 Å². The number of carboxylic acid groups (broad SMARTS) is 1. The standard InChI is InChI=1S/C27H30FN5O4/c1-15(2)19-8-7-18(14-16(19)3)29-27(37)32-12-5-6-22(32)25(34)30-23-11-13-33(31-23)21-10-9-20(26(35)36)17(4)24(21)28/h7-11,13-15,22H,5-6,12H2,1-4H3,(H,29,37)(H,35,36)(H,30,31,34)/t22-/m0/s1. The van der Waals surface area contributed by atoms with E-state index in [1.807, 2.05) is 25.1 Å². The number of urea groups is 1. The molecular weight excluding hydrogens is 477 g/mol. The maximum absolute atomic E-state index is 14.8. The van der Waals surface area contributed by atoms with Gasteiger partial charge in [0.05, 0.1) is 5.56 Å². The van der Waals surface area contributed by atoms with Crippen molar-refractivity contribution in [3.63, 3.8) is 0 Å². The van der Waals surface area contributed by atoms with E-state index in [1.54, 1.807) is 0 Å². The first-order valence-electron chi connectivity index (χ1n) is 12.1. The number of aromatic carboxylic acids is 1. The van der Waals surface area contributed by atoms with Crippen molar-refractivity contribution in [2.75, 3.05) is 17.2 Å². The normalized spacial score (nSPS) is 15.2. The van der Waals surface area contributed by atoms with Crippen molar-refractivity contribution in [3.05, 3.63) is 70.7 Å². The summed E-state index contributed by atoms with van der Waals surface area (Å²) in [5.41, 5.74) is 2.89. The van der Waals surface area contributed by atoms with Crippen LogP contribution in [0.1, 0.15) is 59.7 Å². The Morgan fingerprint density at radius 2 is 1.86 bits per heavy atom. The number of carboxylic acids is 1. The van der Waals surface area contributed by atoms with Crippen molar-refractivity contribution in [3.8, 4) is 5.69 Å². The Hall–Kier alpha value is -4.21. The van der Waals surface area contributed by atoms with E-state index in [1.165, 1.54) is 46.5 Å². The molecule has 1 fully saturated rings. The maximum atomic E-state index is 14.8. The second-order valence-electron chi connectivity index (χ2n) is 9.52. The maximum Gasteiger partial charge on any atom is 0.336 e. The number of halogens is 1. The zero-order chi connectivity index (χ0) is 26.9. The van der Waals surface area contributed by atoms with Crippen LogP contribution in [0, 0.1) is 19.7 Å². The Labute approximate surface area is 214 Å². The number of carbonyl (C=O) groups excluding carboxylic acids is 2. The predicted molar refractivity (Wildman–Crippen MR) is 138 cm³/mol. The molecule has 2 heterocycles. The summed E-state index contributed by atoms with van der Waals surface area (Å²) in [4.78, 5) is 38.7. The lowest BCUT2D eigenvalue weighted by Crippen LogP contribution is -2.45. The van der Waals surface area contributed by atoms with E-state index in [2.05, 4.69) is 29.6 Å². The van der Waals surface area contributed by atoms with E-state index in [9.17, 15) is 23.9 Å². The van der Waals surface area contributed by atoms with Crippen LogP contribution >= 0.6 is 0 Å². The van der Waals surface area contributed by atoms with Crippen LogP contribution in [-0.2, 0) is 4.79 Å². The third-order valence-electron chi connectivity index (χ3n) is 6.64. The fourth-order valence-corrected chi connectivity index (χ4v) is 4.69. The van der Waals surface area contributed by atoms with Gasteiger partial charge in [-0.2, -0.15) is 0 Å². The zero-order valence-electron chi connectivity index (χ0n) is 21.2. The molecule has 0 unspecified atom stereocenters. The topological polar surface area (TPSA) is 117 Å². The molecule has 1 aliphatic rings. The Morgan fingerprint density at radius 3 is 2.54 bits per heavy atom. The number of hydrogen-bond acceptors (Lipinski definition) is 4. The number of anilines is 2. The molecule has 37 heavy (non-hydrogen) atoms. The van der Waals surface area contributed by atoms with Crippen LogP contribution < -0.4 is 10.6 Å². The van der Waals surface area contributed by atoms with Gasteiger partial charge >= 0.3 is 12.0 Å². The van der Waals surface area contributed by atoms with E-state index in [0.29, 0.717) is 31.0 Å². The molecule has 0 radical (unpaired) electrons. The molecule has 1 aliphatic heterocycles. The molecule has 9 nitrogen and oxygen atoms in total. The molecule has 3 amide bonds. The van der Waals surface area contributed by atoms with Crippen molar-refractivity contribution < 1.29 is 23.9 Å². The molecule has 3 N–H and O–H groups in total. The number of carbonyl (C=O) groups is 3. The largest absolute Gasteiger partial charge is 0.478 e. The average molecular weight is 508 g/mol. The molecular formula is C27H30FN5O4. The van der Waals surface area contributed by atoms with Gasteiger partial charge in [-0.15, -0.1) is 5.10 Å². The summed E-state index contributed by atoms with van der Waals surface area (Å²) in [5.74, 6) is -1.75. The van der Waals surface area contributed by atoms with E-state index in [0.717, 1.165) is 5.56 Å². The zero-order valence-corrected chi connectivity index (χ0v) is 21.2. The molecule has 0 saturated carbocycles. The smallest absolute Gasteiger partial charge is 0.336 e. The van der Waals surface area contributed by atoms with Crippen LogP contribution in [0.25, 0.3) is 5.69 Å². The highest BCUT2D eigenvalue weighted by Crippen LogP contribution is 2.25. The van der Waals surface area contributed by atoms with Gasteiger partial charge in [0.25, 0.3) is 0 Å². The third-order valence-corrected chi connectivity index (χ3v) is 6.64. The monoisotopic (exact) mass is 507 g/mol. The molecule has 3 aromatic rings. The average Bonchev–Trinajstić information content (AvgIpc) is 3.50. The summed E-state index contributed by atoms with van der Waals surface area (Å²) in [6, 6.07) is 8.91. The first kappa shape index (κ1) is 25.9. The minimum absolute atomic E-state index is 0.00673. The third kappa shape index (κ3) is 5.32. The van der Waals surface area contributed by atoms with Crippen LogP contribution in [0.3, 0.4) is 0 Å². The van der Waals surface area contributed by atoms with E-state index >= 15 is 0 Å². The van der Waals surface area contributed by atoms with Crippen LogP contribution in [-0.4, -0.2) is 50.3 Å². The van der Waals surface area contributed by atoms with Crippen molar-refractivity contribution in [2.24, 2.45) is 0 Å². The summed E-state index contributed by atoms with van der Waals surface area (Å²) in [7, 11) is 0. The fraction of sp³-hybridized carbons (Fsp3) is 0.333. The van der Waals surface area contributed by atoms with Crippen molar-refractivity contribution >= 4 is 29.4 Å². The van der Waals surface area contributed by atoms with Crippen molar-refractivity contribution in [1.82, 2.24) is 14.7 Å². The Balaban J connectivity index is 1.44. The van der Waals surface area contributed by atoms with Gasteiger partial charge in [0.1, 0.15) is 11.7 Å². The fourth-order valence-electron chi connectivity index (χ4n) is 4.69. The SMILES string of the molecule is Cc1cc(NC(=O)N2CCC[C@H]2C(=O)Nc2ccn(-c3ccc(C(=O)O)c(C)c3F)n2)ccc1C(C)C. The molecule has 2 aromatic carbocycles. The number of aromatic nitrogens is 2. The number of aryl methyl sites for hydroxylation is 1. The predicted octanol–water partition coefficient (Wildman–Crippen LogP) is 5.08. The minimum Gasteiger partial charge on any atom is -0.478 e. The lowest BCUT2D eigenvalue weighted by molar-refractivity contribution is -0.119. The Bertz CT molecular complexity index is 1370. The summed E-state index contributed by atoms with van der Waals surface area (Å²) >= 11 is 0. The molecule has 1 saturated heterocycles. The molecule has 194 valence electrons. The summed E-state index contributed by atoms with van der Waals surface area (Å²) < 4.78 is 16.0. The van der Waals surface area contributed by atoms with Gasteiger partial charge in [0, 0.05) is 30.1 Å². The first-order chi connectivity index (χ1) is 17.6. The number of nitrogens with zero attached hydrogens (tertiary/aromatic N) is 3. The van der Waals surface area contributed by atoms with E-state index < -0.39 is 17.8 Å². The first-order valence-corrected chi connectivity index (χ1v) is 12.1. The highest BCUT2D eigenvalue weighted by Gasteiger charge is 2.34. The second kappa shape index (κ2) is 10.4. The van der Waals surface area contributed by atoms with Gasteiger partial charge in [0.15, 0.2) is 11.6 Å². The van der Waals surface area contributed by atoms with Gasteiger partial charge < -0.3 is 20.6 Å². The number of hydrogen-bond donors (Lipinski definition) is 3. The van der Waals surface area contributed by atoms with Gasteiger partial charge in [-0.25, -0.2) is 18.7 Å². The van der Waals surface area contributed by atoms with Gasteiger partial charge in [-0.1, -0.05) is 19.9 Å². The number of benzene rings is 2.